The topological polar surface area (TPSA) is 51.9 Å². The quantitative estimate of drug-likeness (QED) is 0.705. The number of nitrogens with zero attached hydrogens (tertiary/aromatic N) is 6. The molecule has 8 heteroatoms. The third kappa shape index (κ3) is 3.42. The van der Waals surface area contributed by atoms with Crippen LogP contribution in [0.4, 0.5) is 10.3 Å². The molecule has 0 saturated heterocycles. The van der Waals surface area contributed by atoms with Crippen LogP contribution < -0.4 is 10.2 Å². The first-order valence-electron chi connectivity index (χ1n) is 10.3. The summed E-state index contributed by atoms with van der Waals surface area (Å²) in [6.07, 6.45) is 0.900. The molecule has 1 atom stereocenters. The molecule has 0 radical (unpaired) electrons. The molecule has 2 aliphatic heterocycles. The largest absolute Gasteiger partial charge is 0.331 e. The van der Waals surface area contributed by atoms with E-state index in [1.54, 1.807) is 0 Å². The molecule has 1 aromatic heterocycles. The van der Waals surface area contributed by atoms with Crippen molar-refractivity contribution in [2.75, 3.05) is 45.4 Å². The molecule has 1 N–H and O–H groups in total. The normalized spacial score (nSPS) is 18.9. The Morgan fingerprint density at radius 1 is 1.13 bits per heavy atom. The van der Waals surface area contributed by atoms with E-state index in [0.717, 1.165) is 54.7 Å². The van der Waals surface area contributed by atoms with E-state index in [1.807, 2.05) is 30.3 Å². The molecule has 0 spiro atoms. The lowest BCUT2D eigenvalue weighted by Gasteiger charge is -2.41. The summed E-state index contributed by atoms with van der Waals surface area (Å²) < 4.78 is 15.7. The molecule has 3 aromatic rings. The predicted octanol–water partition coefficient (Wildman–Crippen LogP) is 2.67. The Balaban J connectivity index is 1.52. The highest BCUT2D eigenvalue weighted by molar-refractivity contribution is 5.98. The highest BCUT2D eigenvalue weighted by atomic mass is 19.1. The Hall–Kier alpha value is -2.97. The van der Waals surface area contributed by atoms with Crippen LogP contribution >= 0.6 is 0 Å². The summed E-state index contributed by atoms with van der Waals surface area (Å²) in [6, 6.07) is 14.8. The predicted molar refractivity (Wildman–Crippen MR) is 117 cm³/mol. The van der Waals surface area contributed by atoms with Gasteiger partial charge in [0.15, 0.2) is 0 Å². The van der Waals surface area contributed by atoms with Crippen LogP contribution in [-0.4, -0.2) is 65.8 Å². The van der Waals surface area contributed by atoms with E-state index in [2.05, 4.69) is 44.7 Å². The number of halogens is 1. The first kappa shape index (κ1) is 19.0. The van der Waals surface area contributed by atoms with Gasteiger partial charge in [-0.05, 0) is 56.9 Å². The van der Waals surface area contributed by atoms with E-state index in [9.17, 15) is 4.39 Å². The molecule has 7 nitrogen and oxygen atoms in total. The molecule has 5 rings (SSSR count). The van der Waals surface area contributed by atoms with Gasteiger partial charge < -0.3 is 10.2 Å². The van der Waals surface area contributed by atoms with Gasteiger partial charge in [-0.25, -0.2) is 14.4 Å². The maximum Gasteiger partial charge on any atom is 0.216 e. The van der Waals surface area contributed by atoms with Crippen molar-refractivity contribution in [3.63, 3.8) is 0 Å². The molecule has 0 amide bonds. The number of imidazole rings is 1. The van der Waals surface area contributed by atoms with Crippen molar-refractivity contribution < 1.29 is 4.39 Å². The van der Waals surface area contributed by atoms with Crippen LogP contribution in [0.15, 0.2) is 53.5 Å². The van der Waals surface area contributed by atoms with Crippen LogP contribution in [0.3, 0.4) is 0 Å². The number of anilines is 1. The average Bonchev–Trinajstić information content (AvgIpc) is 3.14. The second kappa shape index (κ2) is 7.70. The minimum Gasteiger partial charge on any atom is -0.331 e. The number of benzene rings is 2. The van der Waals surface area contributed by atoms with Crippen LogP contribution in [0.1, 0.15) is 18.2 Å². The number of rotatable bonds is 5. The van der Waals surface area contributed by atoms with Gasteiger partial charge in [0.1, 0.15) is 12.0 Å². The van der Waals surface area contributed by atoms with Crippen molar-refractivity contribution in [3.05, 3.63) is 59.9 Å². The summed E-state index contributed by atoms with van der Waals surface area (Å²) >= 11 is 0. The standard InChI is InChI=1S/C22H26FN7/c1-27(2)12-5-13-28-14-24-21-26-20(16-8-10-17(23)11-9-16)30-19-7-4-3-6-18(19)25-22(30)29(21)15-28/h3-4,6-11,20H,5,12-15H2,1-2H3,(H,24,26)/t20-/m0/s1. The van der Waals surface area contributed by atoms with Crippen molar-refractivity contribution in [3.8, 4) is 0 Å². The summed E-state index contributed by atoms with van der Waals surface area (Å²) in [4.78, 5) is 16.4. The molecule has 3 heterocycles. The van der Waals surface area contributed by atoms with Gasteiger partial charge in [0, 0.05) is 6.54 Å². The summed E-state index contributed by atoms with van der Waals surface area (Å²) in [5, 5.41) is 3.56. The van der Waals surface area contributed by atoms with E-state index >= 15 is 0 Å². The molecule has 0 bridgehead atoms. The number of fused-ring (bicyclic) bond motifs is 5. The van der Waals surface area contributed by atoms with Gasteiger partial charge in [0.2, 0.25) is 11.9 Å². The number of aromatic nitrogens is 2. The lowest BCUT2D eigenvalue weighted by Crippen LogP contribution is -2.57. The highest BCUT2D eigenvalue weighted by Crippen LogP contribution is 2.33. The molecular formula is C22H26FN7. The number of nitrogens with one attached hydrogen (secondary N) is 1. The SMILES string of the molecule is CN(C)CCCN1CN=C2N[C@H](c3ccc(F)cc3)n3c(nc4ccccc43)N2C1. The number of aliphatic imine (C=N–C) groups is 1. The lowest BCUT2D eigenvalue weighted by atomic mass is 10.1. The van der Waals surface area contributed by atoms with Gasteiger partial charge in [0.05, 0.1) is 24.4 Å². The zero-order valence-electron chi connectivity index (χ0n) is 17.3. The van der Waals surface area contributed by atoms with Crippen LogP contribution in [0.5, 0.6) is 0 Å². The minimum atomic E-state index is -0.240. The molecule has 0 aliphatic carbocycles. The second-order valence-electron chi connectivity index (χ2n) is 8.11. The van der Waals surface area contributed by atoms with E-state index < -0.39 is 0 Å². The second-order valence-corrected chi connectivity index (χ2v) is 8.11. The minimum absolute atomic E-state index is 0.191. The number of para-hydroxylation sites is 2. The monoisotopic (exact) mass is 407 g/mol. The van der Waals surface area contributed by atoms with Gasteiger partial charge in [-0.1, -0.05) is 24.3 Å². The zero-order chi connectivity index (χ0) is 20.7. The summed E-state index contributed by atoms with van der Waals surface area (Å²) in [5.74, 6) is 1.44. The summed E-state index contributed by atoms with van der Waals surface area (Å²) in [5.41, 5.74) is 2.95. The maximum absolute atomic E-state index is 13.5. The summed E-state index contributed by atoms with van der Waals surface area (Å²) in [6.45, 7) is 3.42. The fourth-order valence-electron chi connectivity index (χ4n) is 4.14. The average molecular weight is 407 g/mol. The third-order valence-corrected chi connectivity index (χ3v) is 5.63. The van der Waals surface area contributed by atoms with Gasteiger partial charge in [-0.15, -0.1) is 0 Å². The molecular weight excluding hydrogens is 381 g/mol. The van der Waals surface area contributed by atoms with Gasteiger partial charge in [0.25, 0.3) is 0 Å². The molecule has 0 saturated carbocycles. The molecule has 0 unspecified atom stereocenters. The first-order valence-corrected chi connectivity index (χ1v) is 10.3. The fraction of sp³-hybridized carbons (Fsp3) is 0.364. The zero-order valence-corrected chi connectivity index (χ0v) is 17.3. The maximum atomic E-state index is 13.5. The number of guanidine groups is 1. The van der Waals surface area contributed by atoms with Crippen LogP contribution in [0.25, 0.3) is 11.0 Å². The Morgan fingerprint density at radius 3 is 2.73 bits per heavy atom. The first-order chi connectivity index (χ1) is 14.6. The lowest BCUT2D eigenvalue weighted by molar-refractivity contribution is 0.254. The Morgan fingerprint density at radius 2 is 1.93 bits per heavy atom. The molecule has 2 aromatic carbocycles. The van der Waals surface area contributed by atoms with Crippen LogP contribution in [0, 0.1) is 5.82 Å². The van der Waals surface area contributed by atoms with E-state index in [0.29, 0.717) is 6.67 Å². The highest BCUT2D eigenvalue weighted by Gasteiger charge is 2.35. The Kier molecular flexibility index (Phi) is 4.88. The van der Waals surface area contributed by atoms with Crippen molar-refractivity contribution in [1.82, 2.24) is 24.7 Å². The number of hydrogen-bond acceptors (Lipinski definition) is 6. The van der Waals surface area contributed by atoms with E-state index in [1.165, 1.54) is 12.1 Å². The Bertz CT molecular complexity index is 1070. The van der Waals surface area contributed by atoms with Crippen molar-refractivity contribution in [2.45, 2.75) is 12.6 Å². The van der Waals surface area contributed by atoms with Gasteiger partial charge >= 0.3 is 0 Å². The van der Waals surface area contributed by atoms with Crippen molar-refractivity contribution in [1.29, 1.82) is 0 Å². The van der Waals surface area contributed by atoms with Crippen molar-refractivity contribution >= 4 is 22.9 Å². The van der Waals surface area contributed by atoms with Crippen LogP contribution in [-0.2, 0) is 0 Å². The van der Waals surface area contributed by atoms with Gasteiger partial charge in [-0.3, -0.25) is 14.4 Å². The molecule has 2 aliphatic rings. The van der Waals surface area contributed by atoms with Gasteiger partial charge in [-0.2, -0.15) is 0 Å². The smallest absolute Gasteiger partial charge is 0.216 e. The van der Waals surface area contributed by atoms with E-state index in [-0.39, 0.29) is 12.0 Å². The van der Waals surface area contributed by atoms with Crippen LogP contribution in [0.2, 0.25) is 0 Å². The van der Waals surface area contributed by atoms with E-state index in [4.69, 9.17) is 9.98 Å². The Labute approximate surface area is 175 Å². The summed E-state index contributed by atoms with van der Waals surface area (Å²) in [7, 11) is 4.19. The molecule has 0 fully saturated rings. The molecule has 156 valence electrons. The van der Waals surface area contributed by atoms with Crippen molar-refractivity contribution in [2.24, 2.45) is 4.99 Å². The third-order valence-electron chi connectivity index (χ3n) is 5.63. The molecule has 30 heavy (non-hydrogen) atoms. The fourth-order valence-corrected chi connectivity index (χ4v) is 4.14. The number of hydrogen-bond donors (Lipinski definition) is 1.